The number of nitrogens with zero attached hydrogens (tertiary/aromatic N) is 2. The first-order chi connectivity index (χ1) is 10.4. The fourth-order valence-corrected chi connectivity index (χ4v) is 3.52. The highest BCUT2D eigenvalue weighted by Gasteiger charge is 2.26. The van der Waals surface area contributed by atoms with Crippen LogP contribution < -0.4 is 10.2 Å². The first-order valence-electron chi connectivity index (χ1n) is 8.22. The molecule has 0 aliphatic carbocycles. The summed E-state index contributed by atoms with van der Waals surface area (Å²) < 4.78 is 5.47. The third-order valence-corrected chi connectivity index (χ3v) is 4.68. The van der Waals surface area contributed by atoms with Gasteiger partial charge in [0.2, 0.25) is 0 Å². The van der Waals surface area contributed by atoms with Gasteiger partial charge in [-0.2, -0.15) is 0 Å². The highest BCUT2D eigenvalue weighted by atomic mass is 16.5. The number of hydrogen-bond donors (Lipinski definition) is 1. The monoisotopic (exact) mass is 289 g/mol. The Hall–Kier alpha value is -1.26. The number of benzene rings is 1. The minimum atomic E-state index is 0.631. The molecule has 3 rings (SSSR count). The third kappa shape index (κ3) is 3.50. The van der Waals surface area contributed by atoms with E-state index in [-0.39, 0.29) is 0 Å². The van der Waals surface area contributed by atoms with Crippen molar-refractivity contribution in [1.82, 2.24) is 4.90 Å². The van der Waals surface area contributed by atoms with E-state index in [1.165, 1.54) is 43.7 Å². The second-order valence-electron chi connectivity index (χ2n) is 6.02. The normalized spacial score (nSPS) is 24.0. The van der Waals surface area contributed by atoms with Crippen molar-refractivity contribution in [3.8, 4) is 0 Å². The number of anilines is 2. The average molecular weight is 289 g/mol. The van der Waals surface area contributed by atoms with Crippen LogP contribution in [-0.2, 0) is 4.74 Å². The van der Waals surface area contributed by atoms with Crippen molar-refractivity contribution in [2.24, 2.45) is 0 Å². The van der Waals surface area contributed by atoms with Gasteiger partial charge in [0.05, 0.1) is 24.6 Å². The van der Waals surface area contributed by atoms with Crippen molar-refractivity contribution in [2.75, 3.05) is 56.7 Å². The van der Waals surface area contributed by atoms with E-state index in [2.05, 4.69) is 39.4 Å². The van der Waals surface area contributed by atoms with Gasteiger partial charge < -0.3 is 15.0 Å². The van der Waals surface area contributed by atoms with E-state index in [1.54, 1.807) is 0 Å². The van der Waals surface area contributed by atoms with E-state index < -0.39 is 0 Å². The van der Waals surface area contributed by atoms with Gasteiger partial charge in [-0.25, -0.2) is 0 Å². The van der Waals surface area contributed by atoms with Crippen LogP contribution in [0.15, 0.2) is 24.3 Å². The van der Waals surface area contributed by atoms with Crippen LogP contribution in [0.2, 0.25) is 0 Å². The number of piperidine rings is 1. The Kier molecular flexibility index (Phi) is 4.99. The molecule has 0 bridgehead atoms. The molecule has 0 spiro atoms. The predicted molar refractivity (Wildman–Crippen MR) is 88.2 cm³/mol. The van der Waals surface area contributed by atoms with Crippen molar-refractivity contribution < 1.29 is 4.74 Å². The molecular weight excluding hydrogens is 262 g/mol. The SMILES string of the molecule is CNc1ccccc1N1CCCCC1CN1CCOCC1. The molecule has 0 saturated carbocycles. The summed E-state index contributed by atoms with van der Waals surface area (Å²) in [7, 11) is 2.01. The molecular formula is C17H27N3O. The van der Waals surface area contributed by atoms with Crippen molar-refractivity contribution >= 4 is 11.4 Å². The van der Waals surface area contributed by atoms with Gasteiger partial charge in [0.15, 0.2) is 0 Å². The summed E-state index contributed by atoms with van der Waals surface area (Å²) in [6, 6.07) is 9.32. The van der Waals surface area contributed by atoms with E-state index in [4.69, 9.17) is 4.74 Å². The van der Waals surface area contributed by atoms with Gasteiger partial charge in [0, 0.05) is 39.3 Å². The number of ether oxygens (including phenoxy) is 1. The quantitative estimate of drug-likeness (QED) is 0.921. The summed E-state index contributed by atoms with van der Waals surface area (Å²) in [5, 5.41) is 3.34. The topological polar surface area (TPSA) is 27.7 Å². The van der Waals surface area contributed by atoms with Gasteiger partial charge in [-0.05, 0) is 31.4 Å². The predicted octanol–water partition coefficient (Wildman–Crippen LogP) is 2.42. The lowest BCUT2D eigenvalue weighted by Crippen LogP contribution is -2.49. The molecule has 1 aromatic carbocycles. The van der Waals surface area contributed by atoms with Gasteiger partial charge in [-0.15, -0.1) is 0 Å². The molecule has 4 nitrogen and oxygen atoms in total. The average Bonchev–Trinajstić information content (AvgIpc) is 2.56. The van der Waals surface area contributed by atoms with E-state index >= 15 is 0 Å². The van der Waals surface area contributed by atoms with E-state index in [9.17, 15) is 0 Å². The van der Waals surface area contributed by atoms with Gasteiger partial charge in [-0.3, -0.25) is 4.90 Å². The number of para-hydroxylation sites is 2. The molecule has 2 aliphatic heterocycles. The van der Waals surface area contributed by atoms with Crippen molar-refractivity contribution in [2.45, 2.75) is 25.3 Å². The molecule has 1 aromatic rings. The first kappa shape index (κ1) is 14.7. The number of hydrogen-bond acceptors (Lipinski definition) is 4. The lowest BCUT2D eigenvalue weighted by molar-refractivity contribution is 0.0339. The van der Waals surface area contributed by atoms with Crippen LogP contribution in [-0.4, -0.2) is 57.4 Å². The van der Waals surface area contributed by atoms with Crippen LogP contribution in [0.25, 0.3) is 0 Å². The van der Waals surface area contributed by atoms with Crippen molar-refractivity contribution in [3.05, 3.63) is 24.3 Å². The second-order valence-corrected chi connectivity index (χ2v) is 6.02. The van der Waals surface area contributed by atoms with Crippen LogP contribution in [0.5, 0.6) is 0 Å². The van der Waals surface area contributed by atoms with Crippen molar-refractivity contribution in [1.29, 1.82) is 0 Å². The van der Waals surface area contributed by atoms with Crippen LogP contribution in [0.3, 0.4) is 0 Å². The van der Waals surface area contributed by atoms with Crippen LogP contribution in [0.1, 0.15) is 19.3 Å². The molecule has 1 atom stereocenters. The van der Waals surface area contributed by atoms with Crippen LogP contribution in [0, 0.1) is 0 Å². The third-order valence-electron chi connectivity index (χ3n) is 4.68. The molecule has 1 N–H and O–H groups in total. The first-order valence-corrected chi connectivity index (χ1v) is 8.22. The van der Waals surface area contributed by atoms with Gasteiger partial charge in [0.1, 0.15) is 0 Å². The summed E-state index contributed by atoms with van der Waals surface area (Å²) in [5.41, 5.74) is 2.60. The lowest BCUT2D eigenvalue weighted by Gasteiger charge is -2.41. The summed E-state index contributed by atoms with van der Waals surface area (Å²) in [5.74, 6) is 0. The van der Waals surface area contributed by atoms with Gasteiger partial charge in [0.25, 0.3) is 0 Å². The Morgan fingerprint density at radius 2 is 1.95 bits per heavy atom. The highest BCUT2D eigenvalue weighted by Crippen LogP contribution is 2.31. The summed E-state index contributed by atoms with van der Waals surface area (Å²) in [4.78, 5) is 5.18. The zero-order chi connectivity index (χ0) is 14.5. The standard InChI is InChI=1S/C17H27N3O/c1-18-16-7-2-3-8-17(16)20-9-5-4-6-15(20)14-19-10-12-21-13-11-19/h2-3,7-8,15,18H,4-6,9-14H2,1H3. The Balaban J connectivity index is 1.74. The largest absolute Gasteiger partial charge is 0.386 e. The molecule has 21 heavy (non-hydrogen) atoms. The van der Waals surface area contributed by atoms with E-state index in [1.807, 2.05) is 7.05 Å². The van der Waals surface area contributed by atoms with E-state index in [0.717, 1.165) is 26.3 Å². The summed E-state index contributed by atoms with van der Waals surface area (Å²) >= 11 is 0. The highest BCUT2D eigenvalue weighted by molar-refractivity contribution is 5.70. The Morgan fingerprint density at radius 3 is 2.76 bits per heavy atom. The zero-order valence-corrected chi connectivity index (χ0v) is 13.1. The van der Waals surface area contributed by atoms with Crippen molar-refractivity contribution in [3.63, 3.8) is 0 Å². The van der Waals surface area contributed by atoms with Gasteiger partial charge in [-0.1, -0.05) is 12.1 Å². The fraction of sp³-hybridized carbons (Fsp3) is 0.647. The van der Waals surface area contributed by atoms with Crippen LogP contribution in [0.4, 0.5) is 11.4 Å². The van der Waals surface area contributed by atoms with Crippen LogP contribution >= 0.6 is 0 Å². The smallest absolute Gasteiger partial charge is 0.0604 e. The number of rotatable bonds is 4. The zero-order valence-electron chi connectivity index (χ0n) is 13.1. The molecule has 2 fully saturated rings. The molecule has 4 heteroatoms. The lowest BCUT2D eigenvalue weighted by atomic mass is 10.00. The molecule has 1 unspecified atom stereocenters. The molecule has 116 valence electrons. The Morgan fingerprint density at radius 1 is 1.14 bits per heavy atom. The molecule has 2 aliphatic rings. The number of morpholine rings is 1. The Bertz CT molecular complexity index is 445. The fourth-order valence-electron chi connectivity index (χ4n) is 3.52. The minimum absolute atomic E-state index is 0.631. The maximum Gasteiger partial charge on any atom is 0.0604 e. The number of nitrogens with one attached hydrogen (secondary N) is 1. The minimum Gasteiger partial charge on any atom is -0.386 e. The molecule has 2 heterocycles. The summed E-state index contributed by atoms with van der Waals surface area (Å²) in [6.45, 7) is 6.28. The molecule has 0 radical (unpaired) electrons. The Labute approximate surface area is 128 Å². The molecule has 0 aromatic heterocycles. The maximum absolute atomic E-state index is 5.47. The maximum atomic E-state index is 5.47. The van der Waals surface area contributed by atoms with E-state index in [0.29, 0.717) is 6.04 Å². The molecule has 2 saturated heterocycles. The summed E-state index contributed by atoms with van der Waals surface area (Å²) in [6.07, 6.45) is 3.96. The van der Waals surface area contributed by atoms with Gasteiger partial charge >= 0.3 is 0 Å². The molecule has 0 amide bonds. The second kappa shape index (κ2) is 7.14.